The predicted molar refractivity (Wildman–Crippen MR) is 166 cm³/mol. The summed E-state index contributed by atoms with van der Waals surface area (Å²) in [6.45, 7) is 7.91. The van der Waals surface area contributed by atoms with Crippen molar-refractivity contribution in [1.29, 1.82) is 10.5 Å². The molecule has 1 N–H and O–H groups in total. The van der Waals surface area contributed by atoms with Crippen molar-refractivity contribution < 1.29 is 13.9 Å². The molecule has 44 heavy (non-hydrogen) atoms. The summed E-state index contributed by atoms with van der Waals surface area (Å²) in [5.41, 5.74) is 2.95. The Kier molecular flexibility index (Phi) is 9.07. The van der Waals surface area contributed by atoms with Gasteiger partial charge in [0.15, 0.2) is 0 Å². The number of carbonyl (C=O) groups is 1. The van der Waals surface area contributed by atoms with Gasteiger partial charge in [-0.15, -0.1) is 0 Å². The number of nitriles is 2. The Labute approximate surface area is 260 Å². The van der Waals surface area contributed by atoms with Crippen molar-refractivity contribution in [2.24, 2.45) is 17.8 Å². The number of hydrogen-bond acceptors (Lipinski definition) is 7. The molecule has 1 amide bonds. The van der Waals surface area contributed by atoms with E-state index in [1.165, 1.54) is 31.4 Å². The summed E-state index contributed by atoms with van der Waals surface area (Å²) < 4.78 is 19.5. The summed E-state index contributed by atoms with van der Waals surface area (Å²) >= 11 is 0. The minimum Gasteiger partial charge on any atom is -0.453 e. The van der Waals surface area contributed by atoms with Gasteiger partial charge in [-0.1, -0.05) is 18.6 Å². The Balaban J connectivity index is 1.10. The van der Waals surface area contributed by atoms with E-state index in [1.54, 1.807) is 6.07 Å². The Morgan fingerprint density at radius 3 is 2.48 bits per heavy atom. The minimum atomic E-state index is -0.882. The fraction of sp³-hybridized carbons (Fsp3) is 0.571. The minimum absolute atomic E-state index is 0.0666. The van der Waals surface area contributed by atoms with E-state index < -0.39 is 11.5 Å². The van der Waals surface area contributed by atoms with E-state index in [9.17, 15) is 19.7 Å². The number of anilines is 1. The van der Waals surface area contributed by atoms with Gasteiger partial charge in [0, 0.05) is 49.7 Å². The quantitative estimate of drug-likeness (QED) is 0.432. The molecule has 8 nitrogen and oxygen atoms in total. The van der Waals surface area contributed by atoms with Crippen LogP contribution in [-0.4, -0.2) is 74.9 Å². The van der Waals surface area contributed by atoms with E-state index in [1.807, 2.05) is 12.1 Å². The Hall–Kier alpha value is -3.66. The lowest BCUT2D eigenvalue weighted by Gasteiger charge is -2.48. The lowest BCUT2D eigenvalue weighted by atomic mass is 9.59. The number of amides is 1. The largest absolute Gasteiger partial charge is 0.453 e. The molecule has 2 aromatic carbocycles. The molecule has 0 aromatic heterocycles. The summed E-state index contributed by atoms with van der Waals surface area (Å²) in [7, 11) is 1.36. The number of halogens is 1. The van der Waals surface area contributed by atoms with E-state index >= 15 is 0 Å². The van der Waals surface area contributed by atoms with Crippen LogP contribution in [0, 0.1) is 46.2 Å². The number of hydrogen-bond donors (Lipinski definition) is 1. The van der Waals surface area contributed by atoms with E-state index in [0.29, 0.717) is 5.92 Å². The molecule has 9 heteroatoms. The average molecular weight is 599 g/mol. The number of methoxy groups -OCH3 is 1. The Morgan fingerprint density at radius 1 is 1.02 bits per heavy atom. The van der Waals surface area contributed by atoms with Gasteiger partial charge in [-0.3, -0.25) is 4.90 Å². The predicted octanol–water partition coefficient (Wildman–Crippen LogP) is 5.04. The summed E-state index contributed by atoms with van der Waals surface area (Å²) in [4.78, 5) is 19.5. The first kappa shape index (κ1) is 30.4. The van der Waals surface area contributed by atoms with Crippen LogP contribution in [0.3, 0.4) is 0 Å². The topological polar surface area (TPSA) is 95.6 Å². The van der Waals surface area contributed by atoms with Crippen molar-refractivity contribution >= 4 is 11.8 Å². The van der Waals surface area contributed by atoms with Crippen LogP contribution < -0.4 is 10.2 Å². The van der Waals surface area contributed by atoms with E-state index in [2.05, 4.69) is 44.3 Å². The molecule has 3 aliphatic heterocycles. The van der Waals surface area contributed by atoms with Crippen molar-refractivity contribution in [1.82, 2.24) is 15.1 Å². The number of nitrogens with zero attached hydrogens (tertiary/aromatic N) is 5. The molecule has 4 fully saturated rings. The van der Waals surface area contributed by atoms with Gasteiger partial charge in [-0.2, -0.15) is 10.5 Å². The zero-order chi connectivity index (χ0) is 30.7. The number of nitrogens with one attached hydrogen (secondary N) is 1. The fourth-order valence-electron chi connectivity index (χ4n) is 8.25. The number of likely N-dealkylation sites (tertiary alicyclic amines) is 2. The SMILES string of the molecule is COC(=O)N[C@H]1CCC[C@@H]1[C@](C#N)(c1cccc(F)c1)C1CCN(CC2CN(c3ccc(C#N)c(CN4CCC4)c3)C2)CC1. The van der Waals surface area contributed by atoms with Gasteiger partial charge in [-0.25, -0.2) is 9.18 Å². The molecule has 232 valence electrons. The Bertz CT molecular complexity index is 1420. The van der Waals surface area contributed by atoms with Gasteiger partial charge in [0.1, 0.15) is 5.82 Å². The first-order valence-corrected chi connectivity index (χ1v) is 16.2. The molecule has 0 spiro atoms. The average Bonchev–Trinajstić information content (AvgIpc) is 3.46. The maximum Gasteiger partial charge on any atom is 0.407 e. The van der Waals surface area contributed by atoms with Gasteiger partial charge in [0.05, 0.1) is 30.2 Å². The van der Waals surface area contributed by atoms with E-state index in [4.69, 9.17) is 4.74 Å². The normalized spacial score (nSPS) is 24.4. The summed E-state index contributed by atoms with van der Waals surface area (Å²) in [5, 5.41) is 23.5. The standard InChI is InChI=1S/C35H43FN6O2/c1-44-34(43)39-33-8-3-7-32(33)35(24-38,29-5-2-6-30(36)18-29)28-11-15-41(16-12-28)20-25-21-42(22-25)31-10-9-26(19-37)27(17-31)23-40-13-4-14-40/h2,5-6,9-10,17-18,25,28,32-33H,3-4,7-8,11-16,20-23H2,1H3,(H,39,43)/t32-,33-,35-/m0/s1. The molecule has 1 aliphatic carbocycles. The molecule has 0 unspecified atom stereocenters. The highest BCUT2D eigenvalue weighted by atomic mass is 19.1. The third-order valence-electron chi connectivity index (χ3n) is 10.7. The number of ether oxygens (including phenoxy) is 1. The van der Waals surface area contributed by atoms with Crippen LogP contribution in [-0.2, 0) is 16.7 Å². The van der Waals surface area contributed by atoms with Gasteiger partial charge in [0.25, 0.3) is 0 Å². The van der Waals surface area contributed by atoms with Gasteiger partial charge < -0.3 is 19.9 Å². The van der Waals surface area contributed by atoms with Crippen molar-refractivity contribution in [2.45, 2.75) is 56.5 Å². The monoisotopic (exact) mass is 598 g/mol. The van der Waals surface area contributed by atoms with E-state index in [0.717, 1.165) is 101 Å². The molecule has 3 saturated heterocycles. The third-order valence-corrected chi connectivity index (χ3v) is 10.7. The third kappa shape index (κ3) is 6.01. The number of carbonyl (C=O) groups excluding carboxylic acids is 1. The number of benzene rings is 2. The molecule has 3 atom stereocenters. The highest BCUT2D eigenvalue weighted by Crippen LogP contribution is 2.50. The van der Waals surface area contributed by atoms with Crippen molar-refractivity contribution in [3.63, 3.8) is 0 Å². The second-order valence-corrected chi connectivity index (χ2v) is 13.2. The molecule has 3 heterocycles. The molecule has 0 bridgehead atoms. The summed E-state index contributed by atoms with van der Waals surface area (Å²) in [5.74, 6) is 0.202. The van der Waals surface area contributed by atoms with Gasteiger partial charge >= 0.3 is 6.09 Å². The zero-order valence-corrected chi connectivity index (χ0v) is 25.7. The lowest BCUT2D eigenvalue weighted by Crippen LogP contribution is -2.55. The summed E-state index contributed by atoms with van der Waals surface area (Å²) in [6.07, 6.45) is 4.98. The van der Waals surface area contributed by atoms with Crippen molar-refractivity contribution in [3.8, 4) is 12.1 Å². The second kappa shape index (κ2) is 13.1. The zero-order valence-electron chi connectivity index (χ0n) is 25.7. The first-order chi connectivity index (χ1) is 21.4. The number of piperidine rings is 1. The van der Waals surface area contributed by atoms with E-state index in [-0.39, 0.29) is 23.7 Å². The van der Waals surface area contributed by atoms with Crippen molar-refractivity contribution in [2.75, 3.05) is 57.8 Å². The maximum atomic E-state index is 14.6. The smallest absolute Gasteiger partial charge is 0.407 e. The molecule has 1 saturated carbocycles. The van der Waals surface area contributed by atoms with Crippen LogP contribution in [0.2, 0.25) is 0 Å². The van der Waals surface area contributed by atoms with Crippen LogP contribution in [0.15, 0.2) is 42.5 Å². The van der Waals surface area contributed by atoms with Crippen LogP contribution in [0.1, 0.15) is 55.2 Å². The van der Waals surface area contributed by atoms with Gasteiger partial charge in [0.2, 0.25) is 0 Å². The first-order valence-electron chi connectivity index (χ1n) is 16.2. The van der Waals surface area contributed by atoms with Gasteiger partial charge in [-0.05, 0) is 106 Å². The summed E-state index contributed by atoms with van der Waals surface area (Å²) in [6, 6.07) is 17.7. The molecule has 6 rings (SSSR count). The molecule has 2 aromatic rings. The maximum absolute atomic E-state index is 14.6. The highest BCUT2D eigenvalue weighted by molar-refractivity contribution is 5.67. The highest BCUT2D eigenvalue weighted by Gasteiger charge is 2.52. The lowest BCUT2D eigenvalue weighted by molar-refractivity contribution is 0.0938. The Morgan fingerprint density at radius 2 is 1.82 bits per heavy atom. The van der Waals surface area contributed by atoms with Crippen LogP contribution in [0.4, 0.5) is 14.9 Å². The van der Waals surface area contributed by atoms with Crippen LogP contribution in [0.25, 0.3) is 0 Å². The molecular formula is C35H43FN6O2. The van der Waals surface area contributed by atoms with Crippen molar-refractivity contribution in [3.05, 3.63) is 65.0 Å². The molecular weight excluding hydrogens is 555 g/mol. The number of alkyl carbamates (subject to hydrolysis) is 1. The van der Waals surface area contributed by atoms with Crippen LogP contribution in [0.5, 0.6) is 0 Å². The second-order valence-electron chi connectivity index (χ2n) is 13.2. The molecule has 0 radical (unpaired) electrons. The fourth-order valence-corrected chi connectivity index (χ4v) is 8.25. The number of rotatable bonds is 9. The molecule has 4 aliphatic rings. The van der Waals surface area contributed by atoms with Crippen LogP contribution >= 0.6 is 0 Å².